The minimum absolute atomic E-state index is 0.135. The number of amides is 2. The molecule has 1 aliphatic heterocycles. The Morgan fingerprint density at radius 3 is 2.38 bits per heavy atom. The predicted molar refractivity (Wildman–Crippen MR) is 119 cm³/mol. The minimum Gasteiger partial charge on any atom is -0.324 e. The lowest BCUT2D eigenvalue weighted by Gasteiger charge is -2.22. The average molecular weight is 456 g/mol. The maximum atomic E-state index is 13.3. The molecule has 0 aliphatic carbocycles. The third-order valence-electron chi connectivity index (χ3n) is 5.07. The lowest BCUT2D eigenvalue weighted by molar-refractivity contribution is -0.137. The summed E-state index contributed by atoms with van der Waals surface area (Å²) in [5, 5.41) is 2.18. The van der Waals surface area contributed by atoms with E-state index in [0.717, 1.165) is 16.5 Å². The zero-order valence-corrected chi connectivity index (χ0v) is 17.6. The number of fused-ring (bicyclic) bond motifs is 1. The van der Waals surface area contributed by atoms with Crippen LogP contribution in [0.1, 0.15) is 22.8 Å². The number of nitrogens with one attached hydrogen (secondary N) is 1. The third-order valence-corrected chi connectivity index (χ3v) is 6.39. The Bertz CT molecular complexity index is 1140. The molecule has 1 aliphatic rings. The number of rotatable bonds is 4. The highest BCUT2D eigenvalue weighted by atomic mass is 32.2. The van der Waals surface area contributed by atoms with Gasteiger partial charge in [-0.3, -0.25) is 9.59 Å². The van der Waals surface area contributed by atoms with E-state index in [0.29, 0.717) is 5.69 Å². The lowest BCUT2D eigenvalue weighted by Crippen LogP contribution is -2.38. The SMILES string of the molecule is O=C(CN1C(=O)C[C@H](c2ccccc2)Sc2ccccc21)Nc1ccccc1C(F)(F)F. The fraction of sp³-hybridized carbons (Fsp3) is 0.167. The van der Waals surface area contributed by atoms with Crippen LogP contribution in [0.3, 0.4) is 0 Å². The van der Waals surface area contributed by atoms with Crippen LogP contribution in [-0.2, 0) is 15.8 Å². The highest BCUT2D eigenvalue weighted by Crippen LogP contribution is 2.45. The molecule has 0 saturated heterocycles. The molecule has 0 bridgehead atoms. The smallest absolute Gasteiger partial charge is 0.324 e. The molecule has 4 nitrogen and oxygen atoms in total. The zero-order valence-electron chi connectivity index (χ0n) is 16.8. The fourth-order valence-corrected chi connectivity index (χ4v) is 4.86. The summed E-state index contributed by atoms with van der Waals surface area (Å²) in [5.41, 5.74) is 0.291. The van der Waals surface area contributed by atoms with E-state index in [9.17, 15) is 22.8 Å². The molecule has 2 amide bonds. The number of nitrogens with zero attached hydrogens (tertiary/aromatic N) is 1. The Hall–Kier alpha value is -3.26. The van der Waals surface area contributed by atoms with Gasteiger partial charge in [-0.2, -0.15) is 13.2 Å². The molecule has 0 unspecified atom stereocenters. The molecule has 0 saturated carbocycles. The van der Waals surface area contributed by atoms with Crippen molar-refractivity contribution in [2.24, 2.45) is 0 Å². The van der Waals surface area contributed by atoms with Crippen LogP contribution in [0.25, 0.3) is 0 Å². The molecule has 8 heteroatoms. The van der Waals surface area contributed by atoms with Gasteiger partial charge in [0.25, 0.3) is 0 Å². The van der Waals surface area contributed by atoms with E-state index < -0.39 is 17.6 Å². The topological polar surface area (TPSA) is 49.4 Å². The molecular formula is C24H19F3N2O2S. The van der Waals surface area contributed by atoms with Crippen molar-refractivity contribution in [1.29, 1.82) is 0 Å². The summed E-state index contributed by atoms with van der Waals surface area (Å²) >= 11 is 1.53. The lowest BCUT2D eigenvalue weighted by atomic mass is 10.1. The standard InChI is InChI=1S/C24H19F3N2O2S/c25-24(26,27)17-10-4-5-11-18(17)28-22(30)15-29-19-12-6-7-13-20(19)32-21(14-23(29)31)16-8-2-1-3-9-16/h1-13,21H,14-15H2,(H,28,30)/t21-/m1/s1. The maximum Gasteiger partial charge on any atom is 0.418 e. The van der Waals surface area contributed by atoms with E-state index in [4.69, 9.17) is 0 Å². The summed E-state index contributed by atoms with van der Waals surface area (Å²) in [4.78, 5) is 28.0. The molecule has 3 aromatic rings. The van der Waals surface area contributed by atoms with Crippen molar-refractivity contribution in [3.05, 3.63) is 90.0 Å². The molecule has 1 heterocycles. The van der Waals surface area contributed by atoms with Crippen LogP contribution in [0.4, 0.5) is 24.5 Å². The molecule has 1 atom stereocenters. The number of carbonyl (C=O) groups is 2. The quantitative estimate of drug-likeness (QED) is 0.531. The van der Waals surface area contributed by atoms with E-state index in [-0.39, 0.29) is 29.8 Å². The Kier molecular flexibility index (Phi) is 6.23. The number of hydrogen-bond donors (Lipinski definition) is 1. The van der Waals surface area contributed by atoms with E-state index in [1.807, 2.05) is 42.5 Å². The number of benzene rings is 3. The zero-order chi connectivity index (χ0) is 22.7. The van der Waals surface area contributed by atoms with Gasteiger partial charge in [0.15, 0.2) is 0 Å². The van der Waals surface area contributed by atoms with Gasteiger partial charge < -0.3 is 10.2 Å². The van der Waals surface area contributed by atoms with Gasteiger partial charge in [0.1, 0.15) is 6.54 Å². The van der Waals surface area contributed by atoms with Crippen LogP contribution >= 0.6 is 11.8 Å². The third kappa shape index (κ3) is 4.80. The molecular weight excluding hydrogens is 437 g/mol. The minimum atomic E-state index is -4.60. The van der Waals surface area contributed by atoms with Gasteiger partial charge in [-0.15, -0.1) is 11.8 Å². The summed E-state index contributed by atoms with van der Waals surface area (Å²) in [7, 11) is 0. The Morgan fingerprint density at radius 2 is 1.62 bits per heavy atom. The predicted octanol–water partition coefficient (Wildman–Crippen LogP) is 5.91. The first kappa shape index (κ1) is 22.0. The number of hydrogen-bond acceptors (Lipinski definition) is 3. The number of alkyl halides is 3. The van der Waals surface area contributed by atoms with Gasteiger partial charge in [-0.05, 0) is 29.8 Å². The van der Waals surface area contributed by atoms with Gasteiger partial charge in [-0.25, -0.2) is 0 Å². The molecule has 0 aromatic heterocycles. The molecule has 4 rings (SSSR count). The first-order valence-corrected chi connectivity index (χ1v) is 10.8. The van der Waals surface area contributed by atoms with Gasteiger partial charge in [0.2, 0.25) is 11.8 Å². The van der Waals surface area contributed by atoms with Crippen molar-refractivity contribution >= 4 is 35.0 Å². The van der Waals surface area contributed by atoms with E-state index in [1.165, 1.54) is 34.9 Å². The van der Waals surface area contributed by atoms with Crippen LogP contribution in [0.5, 0.6) is 0 Å². The number of carbonyl (C=O) groups excluding carboxylic acids is 2. The fourth-order valence-electron chi connectivity index (χ4n) is 3.58. The summed E-state index contributed by atoms with van der Waals surface area (Å²) in [6.07, 6.45) is -4.44. The summed E-state index contributed by atoms with van der Waals surface area (Å²) in [6.45, 7) is -0.385. The van der Waals surface area contributed by atoms with Gasteiger partial charge in [-0.1, -0.05) is 54.6 Å². The second kappa shape index (κ2) is 9.08. The average Bonchev–Trinajstić information content (AvgIpc) is 2.91. The van der Waals surface area contributed by atoms with Crippen molar-refractivity contribution in [2.75, 3.05) is 16.8 Å². The highest BCUT2D eigenvalue weighted by molar-refractivity contribution is 7.99. The van der Waals surface area contributed by atoms with Crippen molar-refractivity contribution < 1.29 is 22.8 Å². The number of thioether (sulfide) groups is 1. The van der Waals surface area contributed by atoms with Crippen LogP contribution < -0.4 is 10.2 Å². The summed E-state index contributed by atoms with van der Waals surface area (Å²) < 4.78 is 39.8. The molecule has 3 aromatic carbocycles. The molecule has 32 heavy (non-hydrogen) atoms. The largest absolute Gasteiger partial charge is 0.418 e. The van der Waals surface area contributed by atoms with Gasteiger partial charge in [0, 0.05) is 16.6 Å². The first-order chi connectivity index (χ1) is 15.3. The molecule has 0 fully saturated rings. The normalized spacial score (nSPS) is 16.3. The summed E-state index contributed by atoms with van der Waals surface area (Å²) in [5.74, 6) is -0.969. The molecule has 1 N–H and O–H groups in total. The molecule has 0 radical (unpaired) electrons. The van der Waals surface area contributed by atoms with Crippen LogP contribution in [0.15, 0.2) is 83.8 Å². The van der Waals surface area contributed by atoms with Crippen molar-refractivity contribution in [2.45, 2.75) is 22.7 Å². The summed E-state index contributed by atoms with van der Waals surface area (Å²) in [6, 6.07) is 21.6. The van der Waals surface area contributed by atoms with E-state index in [2.05, 4.69) is 5.32 Å². The van der Waals surface area contributed by atoms with Crippen LogP contribution in [-0.4, -0.2) is 18.4 Å². The Labute approximate surface area is 187 Å². The van der Waals surface area contributed by atoms with Crippen LogP contribution in [0.2, 0.25) is 0 Å². The number of halogens is 3. The maximum absolute atomic E-state index is 13.3. The van der Waals surface area contributed by atoms with E-state index in [1.54, 1.807) is 12.1 Å². The Morgan fingerprint density at radius 1 is 0.969 bits per heavy atom. The van der Waals surface area contributed by atoms with Gasteiger partial charge in [0.05, 0.1) is 16.9 Å². The Balaban J connectivity index is 1.59. The second-order valence-corrected chi connectivity index (χ2v) is 8.50. The molecule has 0 spiro atoms. The number of para-hydroxylation sites is 2. The number of anilines is 2. The van der Waals surface area contributed by atoms with E-state index >= 15 is 0 Å². The van der Waals surface area contributed by atoms with Crippen molar-refractivity contribution in [3.63, 3.8) is 0 Å². The van der Waals surface area contributed by atoms with Crippen LogP contribution in [0, 0.1) is 0 Å². The second-order valence-electron chi connectivity index (χ2n) is 7.26. The van der Waals surface area contributed by atoms with Crippen molar-refractivity contribution in [1.82, 2.24) is 0 Å². The first-order valence-electron chi connectivity index (χ1n) is 9.90. The monoisotopic (exact) mass is 456 g/mol. The highest BCUT2D eigenvalue weighted by Gasteiger charge is 2.34. The van der Waals surface area contributed by atoms with Crippen molar-refractivity contribution in [3.8, 4) is 0 Å². The molecule has 164 valence electrons. The van der Waals surface area contributed by atoms with Gasteiger partial charge >= 0.3 is 6.18 Å².